The van der Waals surface area contributed by atoms with Crippen LogP contribution in [0.3, 0.4) is 0 Å². The molecule has 0 saturated carbocycles. The van der Waals surface area contributed by atoms with Gasteiger partial charge in [0.2, 0.25) is 0 Å². The molecule has 5 nitrogen and oxygen atoms in total. The molecule has 6 heteroatoms. The van der Waals surface area contributed by atoms with Gasteiger partial charge in [0.1, 0.15) is 5.69 Å². The van der Waals surface area contributed by atoms with Crippen LogP contribution in [0.5, 0.6) is 0 Å². The van der Waals surface area contributed by atoms with E-state index in [1.54, 1.807) is 54.4 Å². The molecule has 3 rings (SSSR count). The van der Waals surface area contributed by atoms with E-state index >= 15 is 0 Å². The van der Waals surface area contributed by atoms with Gasteiger partial charge in [-0.15, -0.1) is 0 Å². The van der Waals surface area contributed by atoms with E-state index in [9.17, 15) is 4.79 Å². The van der Waals surface area contributed by atoms with Gasteiger partial charge in [-0.05, 0) is 30.3 Å². The van der Waals surface area contributed by atoms with Crippen molar-refractivity contribution < 1.29 is 9.21 Å². The van der Waals surface area contributed by atoms with Gasteiger partial charge in [0, 0.05) is 23.8 Å². The van der Waals surface area contributed by atoms with Crippen LogP contribution in [0.4, 0.5) is 5.69 Å². The molecule has 106 valence electrons. The van der Waals surface area contributed by atoms with E-state index in [4.69, 9.17) is 16.0 Å². The zero-order valence-electron chi connectivity index (χ0n) is 11.2. The third kappa shape index (κ3) is 2.83. The smallest absolute Gasteiger partial charge is 0.276 e. The maximum Gasteiger partial charge on any atom is 0.276 e. The Balaban J connectivity index is 1.84. The lowest BCUT2D eigenvalue weighted by molar-refractivity contribution is 0.102. The van der Waals surface area contributed by atoms with Crippen molar-refractivity contribution in [2.75, 3.05) is 5.32 Å². The molecule has 0 spiro atoms. The molecule has 0 aliphatic heterocycles. The predicted octanol–water partition coefficient (Wildman–Crippen LogP) is 3.59. The van der Waals surface area contributed by atoms with Crippen molar-refractivity contribution in [3.63, 3.8) is 0 Å². The number of aryl methyl sites for hydroxylation is 1. The number of nitrogens with one attached hydrogen (secondary N) is 1. The molecule has 0 aliphatic rings. The maximum atomic E-state index is 12.2. The number of hydrogen-bond donors (Lipinski definition) is 1. The minimum Gasteiger partial charge on any atom is -0.463 e. The van der Waals surface area contributed by atoms with Crippen LogP contribution in [0, 0.1) is 0 Å². The van der Waals surface area contributed by atoms with Crippen LogP contribution in [-0.2, 0) is 7.05 Å². The van der Waals surface area contributed by atoms with Crippen LogP contribution in [0.2, 0.25) is 5.02 Å². The summed E-state index contributed by atoms with van der Waals surface area (Å²) < 4.78 is 6.92. The Kier molecular flexibility index (Phi) is 3.50. The quantitative estimate of drug-likeness (QED) is 0.804. The van der Waals surface area contributed by atoms with Gasteiger partial charge >= 0.3 is 0 Å². The Bertz CT molecular complexity index is 778. The number of furan rings is 1. The van der Waals surface area contributed by atoms with Crippen molar-refractivity contribution in [3.05, 3.63) is 59.4 Å². The molecule has 0 atom stereocenters. The van der Waals surface area contributed by atoms with Gasteiger partial charge in [-0.25, -0.2) is 0 Å². The Morgan fingerprint density at radius 2 is 2.14 bits per heavy atom. The SMILES string of the molecule is Cn1nc(C(=O)Nc2cccc(Cl)c2)cc1-c1ccco1. The first-order chi connectivity index (χ1) is 10.1. The summed E-state index contributed by atoms with van der Waals surface area (Å²) in [6.07, 6.45) is 1.58. The first-order valence-electron chi connectivity index (χ1n) is 6.28. The van der Waals surface area contributed by atoms with Gasteiger partial charge < -0.3 is 9.73 Å². The second-order valence-electron chi connectivity index (χ2n) is 4.48. The highest BCUT2D eigenvalue weighted by atomic mass is 35.5. The van der Waals surface area contributed by atoms with Crippen molar-refractivity contribution in [1.29, 1.82) is 0 Å². The molecule has 0 unspecified atom stereocenters. The van der Waals surface area contributed by atoms with Gasteiger partial charge in [0.25, 0.3) is 5.91 Å². The number of benzene rings is 1. The molecule has 3 aromatic rings. The summed E-state index contributed by atoms with van der Waals surface area (Å²) in [7, 11) is 1.76. The minimum atomic E-state index is -0.300. The highest BCUT2D eigenvalue weighted by Crippen LogP contribution is 2.21. The standard InChI is InChI=1S/C15H12ClN3O2/c1-19-13(14-6-3-7-21-14)9-12(18-19)15(20)17-11-5-2-4-10(16)8-11/h2-9H,1H3,(H,17,20). The van der Waals surface area contributed by atoms with Gasteiger partial charge in [-0.3, -0.25) is 9.48 Å². The number of amides is 1. The van der Waals surface area contributed by atoms with Crippen LogP contribution in [0.1, 0.15) is 10.5 Å². The Labute approximate surface area is 126 Å². The molecule has 1 aromatic carbocycles. The van der Waals surface area contributed by atoms with Crippen LogP contribution in [-0.4, -0.2) is 15.7 Å². The van der Waals surface area contributed by atoms with E-state index in [1.807, 2.05) is 6.07 Å². The van der Waals surface area contributed by atoms with Crippen LogP contribution >= 0.6 is 11.6 Å². The number of rotatable bonds is 3. The highest BCUT2D eigenvalue weighted by molar-refractivity contribution is 6.30. The molecule has 0 saturated heterocycles. The number of anilines is 1. The van der Waals surface area contributed by atoms with Crippen LogP contribution in [0.15, 0.2) is 53.1 Å². The largest absolute Gasteiger partial charge is 0.463 e. The number of aromatic nitrogens is 2. The zero-order valence-corrected chi connectivity index (χ0v) is 12.0. The number of hydrogen-bond acceptors (Lipinski definition) is 3. The Morgan fingerprint density at radius 1 is 1.29 bits per heavy atom. The van der Waals surface area contributed by atoms with Crippen molar-refractivity contribution in [1.82, 2.24) is 9.78 Å². The average Bonchev–Trinajstić information content (AvgIpc) is 3.07. The Hall–Kier alpha value is -2.53. The molecule has 2 heterocycles. The lowest BCUT2D eigenvalue weighted by Gasteiger charge is -2.02. The van der Waals surface area contributed by atoms with Crippen molar-refractivity contribution in [2.45, 2.75) is 0 Å². The molecule has 1 amide bonds. The molecule has 0 aliphatic carbocycles. The topological polar surface area (TPSA) is 60.1 Å². The summed E-state index contributed by atoms with van der Waals surface area (Å²) in [5.74, 6) is 0.359. The van der Waals surface area contributed by atoms with Crippen molar-refractivity contribution in [3.8, 4) is 11.5 Å². The first kappa shape index (κ1) is 13.5. The van der Waals surface area contributed by atoms with Gasteiger partial charge in [0.05, 0.1) is 6.26 Å². The van der Waals surface area contributed by atoms with E-state index in [1.165, 1.54) is 0 Å². The van der Waals surface area contributed by atoms with E-state index in [-0.39, 0.29) is 5.91 Å². The van der Waals surface area contributed by atoms with E-state index < -0.39 is 0 Å². The fraction of sp³-hybridized carbons (Fsp3) is 0.0667. The lowest BCUT2D eigenvalue weighted by atomic mass is 10.2. The fourth-order valence-corrected chi connectivity index (χ4v) is 2.18. The fourth-order valence-electron chi connectivity index (χ4n) is 1.99. The number of carbonyl (C=O) groups excluding carboxylic acids is 1. The lowest BCUT2D eigenvalue weighted by Crippen LogP contribution is -2.12. The summed E-state index contributed by atoms with van der Waals surface area (Å²) >= 11 is 5.89. The van der Waals surface area contributed by atoms with Crippen LogP contribution in [0.25, 0.3) is 11.5 Å². The third-order valence-corrected chi connectivity index (χ3v) is 3.20. The number of halogens is 1. The van der Waals surface area contributed by atoms with E-state index in [2.05, 4.69) is 10.4 Å². The second-order valence-corrected chi connectivity index (χ2v) is 4.92. The summed E-state index contributed by atoms with van der Waals surface area (Å²) in [5.41, 5.74) is 1.66. The minimum absolute atomic E-state index is 0.300. The highest BCUT2D eigenvalue weighted by Gasteiger charge is 2.15. The first-order valence-corrected chi connectivity index (χ1v) is 6.66. The van der Waals surface area contributed by atoms with Gasteiger partial charge in [-0.1, -0.05) is 17.7 Å². The molecule has 0 radical (unpaired) electrons. The number of nitrogens with zero attached hydrogens (tertiary/aromatic N) is 2. The summed E-state index contributed by atoms with van der Waals surface area (Å²) in [6.45, 7) is 0. The monoisotopic (exact) mass is 301 g/mol. The predicted molar refractivity (Wildman–Crippen MR) is 80.3 cm³/mol. The van der Waals surface area contributed by atoms with Crippen molar-refractivity contribution in [2.24, 2.45) is 7.05 Å². The third-order valence-electron chi connectivity index (χ3n) is 2.97. The second kappa shape index (κ2) is 5.46. The summed E-state index contributed by atoms with van der Waals surface area (Å²) in [5, 5.41) is 7.51. The van der Waals surface area contributed by atoms with Gasteiger partial charge in [0.15, 0.2) is 11.5 Å². The Morgan fingerprint density at radius 3 is 2.86 bits per heavy atom. The normalized spacial score (nSPS) is 10.6. The molecule has 0 fully saturated rings. The molecule has 1 N–H and O–H groups in total. The molecule has 21 heavy (non-hydrogen) atoms. The van der Waals surface area contributed by atoms with Gasteiger partial charge in [-0.2, -0.15) is 5.10 Å². The van der Waals surface area contributed by atoms with E-state index in [0.717, 1.165) is 5.69 Å². The van der Waals surface area contributed by atoms with E-state index in [0.29, 0.717) is 22.2 Å². The summed E-state index contributed by atoms with van der Waals surface area (Å²) in [6, 6.07) is 12.2. The summed E-state index contributed by atoms with van der Waals surface area (Å²) in [4.78, 5) is 12.2. The van der Waals surface area contributed by atoms with Crippen LogP contribution < -0.4 is 5.32 Å². The van der Waals surface area contributed by atoms with Crippen molar-refractivity contribution >= 4 is 23.2 Å². The average molecular weight is 302 g/mol. The molecule has 0 bridgehead atoms. The molecular formula is C15H12ClN3O2. The maximum absolute atomic E-state index is 12.2. The molecular weight excluding hydrogens is 290 g/mol. The zero-order chi connectivity index (χ0) is 14.8. The molecule has 2 aromatic heterocycles. The number of carbonyl (C=O) groups is 1.